The third-order valence-corrected chi connectivity index (χ3v) is 5.38. The molecule has 1 heterocycles. The molecule has 0 bridgehead atoms. The first-order valence-electron chi connectivity index (χ1n) is 8.01. The summed E-state index contributed by atoms with van der Waals surface area (Å²) in [6.45, 7) is 0.285. The predicted molar refractivity (Wildman–Crippen MR) is 105 cm³/mol. The van der Waals surface area contributed by atoms with E-state index in [4.69, 9.17) is 17.0 Å². The Hall–Kier alpha value is -2.38. The summed E-state index contributed by atoms with van der Waals surface area (Å²) in [6.07, 6.45) is 2.03. The molecule has 0 radical (unpaired) electrons. The van der Waals surface area contributed by atoms with Crippen LogP contribution in [0.3, 0.4) is 0 Å². The average molecular weight is 386 g/mol. The zero-order valence-corrected chi connectivity index (χ0v) is 15.7. The van der Waals surface area contributed by atoms with Crippen LogP contribution >= 0.6 is 24.0 Å². The molecule has 134 valence electrons. The zero-order chi connectivity index (χ0) is 18.7. The van der Waals surface area contributed by atoms with Crippen LogP contribution in [-0.4, -0.2) is 34.8 Å². The Balaban J connectivity index is 1.79. The number of carboxylic acid groups (broad SMARTS) is 1. The van der Waals surface area contributed by atoms with Crippen molar-refractivity contribution in [3.05, 3.63) is 46.9 Å². The highest BCUT2D eigenvalue weighted by molar-refractivity contribution is 8.26. The lowest BCUT2D eigenvalue weighted by molar-refractivity contribution is -0.305. The summed E-state index contributed by atoms with van der Waals surface area (Å²) < 4.78 is 5.67. The number of carbonyl (C=O) groups is 2. The van der Waals surface area contributed by atoms with Gasteiger partial charge in [-0.3, -0.25) is 9.69 Å². The molecule has 0 N–H and O–H groups in total. The van der Waals surface area contributed by atoms with E-state index in [1.807, 2.05) is 42.5 Å². The van der Waals surface area contributed by atoms with Crippen molar-refractivity contribution < 1.29 is 19.4 Å². The SMILES string of the molecule is COc1ccc2cc(/C=C3\SC(=S)N(CCCC(=O)[O-])C3=O)ccc2c1. The van der Waals surface area contributed by atoms with Gasteiger partial charge >= 0.3 is 0 Å². The van der Waals surface area contributed by atoms with Gasteiger partial charge in [-0.05, 0) is 53.5 Å². The number of hydrogen-bond donors (Lipinski definition) is 0. The number of amides is 1. The molecule has 0 aromatic heterocycles. The van der Waals surface area contributed by atoms with Crippen LogP contribution in [0, 0.1) is 0 Å². The average Bonchev–Trinajstić information content (AvgIpc) is 2.88. The molecule has 2 aromatic carbocycles. The molecule has 1 aliphatic heterocycles. The largest absolute Gasteiger partial charge is 0.550 e. The Labute approximate surface area is 160 Å². The van der Waals surface area contributed by atoms with E-state index in [0.29, 0.717) is 15.6 Å². The number of nitrogens with zero attached hydrogens (tertiary/aromatic N) is 1. The Bertz CT molecular complexity index is 923. The fourth-order valence-corrected chi connectivity index (χ4v) is 3.99. The lowest BCUT2D eigenvalue weighted by Crippen LogP contribution is -2.30. The van der Waals surface area contributed by atoms with Crippen LogP contribution in [0.1, 0.15) is 18.4 Å². The molecule has 0 aliphatic carbocycles. The second kappa shape index (κ2) is 7.88. The van der Waals surface area contributed by atoms with E-state index in [9.17, 15) is 14.7 Å². The standard InChI is InChI=1S/C19H17NO4S2/c1-24-15-7-6-13-9-12(4-5-14(13)11-15)10-16-18(23)20(19(25)26-16)8-2-3-17(21)22/h4-7,9-11H,2-3,8H2,1H3,(H,21,22)/p-1/b16-10-. The van der Waals surface area contributed by atoms with Crippen molar-refractivity contribution >= 4 is 57.0 Å². The summed E-state index contributed by atoms with van der Waals surface area (Å²) in [5, 5.41) is 12.6. The number of ether oxygens (including phenoxy) is 1. The quantitative estimate of drug-likeness (QED) is 0.561. The van der Waals surface area contributed by atoms with Crippen molar-refractivity contribution in [3.63, 3.8) is 0 Å². The summed E-state index contributed by atoms with van der Waals surface area (Å²) in [4.78, 5) is 25.0. The molecule has 0 unspecified atom stereocenters. The number of carbonyl (C=O) groups excluding carboxylic acids is 2. The van der Waals surface area contributed by atoms with Crippen LogP contribution in [0.25, 0.3) is 16.8 Å². The van der Waals surface area contributed by atoms with Crippen molar-refractivity contribution in [2.45, 2.75) is 12.8 Å². The van der Waals surface area contributed by atoms with Gasteiger partial charge in [0.25, 0.3) is 5.91 Å². The van der Waals surface area contributed by atoms with Crippen LogP contribution in [0.2, 0.25) is 0 Å². The van der Waals surface area contributed by atoms with Crippen LogP contribution in [-0.2, 0) is 9.59 Å². The minimum Gasteiger partial charge on any atom is -0.550 e. The van der Waals surface area contributed by atoms with Gasteiger partial charge in [-0.1, -0.05) is 42.2 Å². The smallest absolute Gasteiger partial charge is 0.266 e. The second-order valence-electron chi connectivity index (χ2n) is 5.78. The van der Waals surface area contributed by atoms with Gasteiger partial charge in [-0.2, -0.15) is 0 Å². The third-order valence-electron chi connectivity index (χ3n) is 4.01. The van der Waals surface area contributed by atoms with E-state index in [2.05, 4.69) is 0 Å². The first-order chi connectivity index (χ1) is 12.5. The highest BCUT2D eigenvalue weighted by Gasteiger charge is 2.31. The van der Waals surface area contributed by atoms with Crippen molar-refractivity contribution in [3.8, 4) is 5.75 Å². The number of thioether (sulfide) groups is 1. The van der Waals surface area contributed by atoms with Gasteiger partial charge in [0.2, 0.25) is 0 Å². The van der Waals surface area contributed by atoms with Crippen LogP contribution < -0.4 is 9.84 Å². The second-order valence-corrected chi connectivity index (χ2v) is 7.46. The van der Waals surface area contributed by atoms with Gasteiger partial charge in [0.05, 0.1) is 12.0 Å². The molecule has 2 aromatic rings. The van der Waals surface area contributed by atoms with Crippen LogP contribution in [0.15, 0.2) is 41.3 Å². The Morgan fingerprint density at radius 2 is 2.00 bits per heavy atom. The Kier molecular flexibility index (Phi) is 5.58. The molecule has 0 saturated carbocycles. The molecule has 1 amide bonds. The molecule has 7 heteroatoms. The fraction of sp³-hybridized carbons (Fsp3) is 0.211. The topological polar surface area (TPSA) is 69.7 Å². The number of fused-ring (bicyclic) bond motifs is 1. The predicted octanol–water partition coefficient (Wildman–Crippen LogP) is 2.58. The molecule has 1 aliphatic rings. The van der Waals surface area contributed by atoms with Crippen molar-refractivity contribution in [1.82, 2.24) is 4.90 Å². The lowest BCUT2D eigenvalue weighted by atomic mass is 10.1. The van der Waals surface area contributed by atoms with Crippen molar-refractivity contribution in [1.29, 1.82) is 0 Å². The van der Waals surface area contributed by atoms with Gasteiger partial charge < -0.3 is 14.6 Å². The number of benzene rings is 2. The van der Waals surface area contributed by atoms with Gasteiger partial charge in [-0.25, -0.2) is 0 Å². The molecule has 26 heavy (non-hydrogen) atoms. The summed E-state index contributed by atoms with van der Waals surface area (Å²) in [6, 6.07) is 11.7. The lowest BCUT2D eigenvalue weighted by Gasteiger charge is -2.14. The Morgan fingerprint density at radius 3 is 2.73 bits per heavy atom. The highest BCUT2D eigenvalue weighted by atomic mass is 32.2. The number of hydrogen-bond acceptors (Lipinski definition) is 6. The first kappa shape index (κ1) is 18.4. The van der Waals surface area contributed by atoms with E-state index < -0.39 is 5.97 Å². The minimum atomic E-state index is -1.13. The summed E-state index contributed by atoms with van der Waals surface area (Å²) in [5.74, 6) is -0.519. The molecule has 3 rings (SSSR count). The summed E-state index contributed by atoms with van der Waals surface area (Å²) in [7, 11) is 1.63. The maximum Gasteiger partial charge on any atom is 0.266 e. The van der Waals surface area contributed by atoms with Gasteiger partial charge in [0.15, 0.2) is 0 Å². The van der Waals surface area contributed by atoms with E-state index in [1.165, 1.54) is 16.7 Å². The molecule has 5 nitrogen and oxygen atoms in total. The summed E-state index contributed by atoms with van der Waals surface area (Å²) in [5.41, 5.74) is 0.901. The number of carboxylic acids is 1. The Morgan fingerprint density at radius 1 is 1.27 bits per heavy atom. The molecule has 1 fully saturated rings. The molecule has 1 saturated heterocycles. The fourth-order valence-electron chi connectivity index (χ4n) is 2.68. The molecular weight excluding hydrogens is 370 g/mol. The summed E-state index contributed by atoms with van der Waals surface area (Å²) >= 11 is 6.48. The number of aliphatic carboxylic acids is 1. The number of rotatable bonds is 6. The van der Waals surface area contributed by atoms with Gasteiger partial charge in [0.1, 0.15) is 10.1 Å². The third kappa shape index (κ3) is 4.05. The maximum atomic E-state index is 12.5. The first-order valence-corrected chi connectivity index (χ1v) is 9.23. The van der Waals surface area contributed by atoms with E-state index in [-0.39, 0.29) is 18.9 Å². The van der Waals surface area contributed by atoms with Crippen molar-refractivity contribution in [2.24, 2.45) is 0 Å². The van der Waals surface area contributed by atoms with Crippen LogP contribution in [0.5, 0.6) is 5.75 Å². The van der Waals surface area contributed by atoms with Crippen LogP contribution in [0.4, 0.5) is 0 Å². The van der Waals surface area contributed by atoms with Gasteiger partial charge in [0, 0.05) is 12.5 Å². The van der Waals surface area contributed by atoms with Gasteiger partial charge in [-0.15, -0.1) is 0 Å². The number of thiocarbonyl (C=S) groups is 1. The monoisotopic (exact) mass is 386 g/mol. The maximum absolute atomic E-state index is 12.5. The minimum absolute atomic E-state index is 0.0930. The highest BCUT2D eigenvalue weighted by Crippen LogP contribution is 2.33. The molecular formula is C19H16NO4S2-. The van der Waals surface area contributed by atoms with E-state index in [0.717, 1.165) is 22.1 Å². The molecule has 0 atom stereocenters. The van der Waals surface area contributed by atoms with E-state index >= 15 is 0 Å². The van der Waals surface area contributed by atoms with Crippen molar-refractivity contribution in [2.75, 3.05) is 13.7 Å². The normalized spacial score (nSPS) is 15.9. The zero-order valence-electron chi connectivity index (χ0n) is 14.1. The number of methoxy groups -OCH3 is 1. The molecule has 0 spiro atoms. The van der Waals surface area contributed by atoms with E-state index in [1.54, 1.807) is 7.11 Å².